The number of nitrogens with zero attached hydrogens (tertiary/aromatic N) is 4. The standard InChI is InChI=1S/C25H21ClN6O5S2/c1-12-24(13(2)37-30-12)39(34,35)31-15-6-9-19(17(26)11-15)32-22-16(21(29-32)20-5-4-10-36-20)7-8-18-23(22)38-25(28-18)27-14(3)33/h4-6,9-11,31H,7-8H2,1-3H3,(H,27,28,33). The van der Waals surface area contributed by atoms with Gasteiger partial charge in [-0.05, 0) is 57.0 Å². The lowest BCUT2D eigenvalue weighted by Gasteiger charge is -2.15. The van der Waals surface area contributed by atoms with Gasteiger partial charge in [0.25, 0.3) is 10.0 Å². The summed E-state index contributed by atoms with van der Waals surface area (Å²) in [5, 5.41) is 12.1. The molecule has 0 atom stereocenters. The second-order valence-electron chi connectivity index (χ2n) is 8.97. The zero-order valence-electron chi connectivity index (χ0n) is 20.9. The minimum absolute atomic E-state index is 0.0142. The van der Waals surface area contributed by atoms with Gasteiger partial charge in [-0.2, -0.15) is 5.10 Å². The summed E-state index contributed by atoms with van der Waals surface area (Å²) in [7, 11) is -3.95. The van der Waals surface area contributed by atoms with Crippen LogP contribution in [0.15, 0.2) is 50.4 Å². The molecule has 0 fully saturated rings. The first kappa shape index (κ1) is 25.3. The van der Waals surface area contributed by atoms with Crippen molar-refractivity contribution in [1.82, 2.24) is 19.9 Å². The van der Waals surface area contributed by atoms with Gasteiger partial charge in [0, 0.05) is 12.5 Å². The number of thiazole rings is 1. The average Bonchev–Trinajstić information content (AvgIpc) is 3.64. The van der Waals surface area contributed by atoms with Crippen LogP contribution >= 0.6 is 22.9 Å². The number of benzene rings is 1. The summed E-state index contributed by atoms with van der Waals surface area (Å²) in [5.74, 6) is 0.596. The van der Waals surface area contributed by atoms with Crippen LogP contribution in [0.5, 0.6) is 0 Å². The van der Waals surface area contributed by atoms with Gasteiger partial charge in [0.15, 0.2) is 21.5 Å². The van der Waals surface area contributed by atoms with E-state index >= 15 is 0 Å². The predicted octanol–water partition coefficient (Wildman–Crippen LogP) is 5.37. The summed E-state index contributed by atoms with van der Waals surface area (Å²) >= 11 is 8.10. The highest BCUT2D eigenvalue weighted by Gasteiger charge is 2.31. The van der Waals surface area contributed by atoms with Crippen LogP contribution in [0.25, 0.3) is 27.7 Å². The normalized spacial score (nSPS) is 12.7. The highest BCUT2D eigenvalue weighted by atomic mass is 35.5. The molecule has 1 aromatic carbocycles. The van der Waals surface area contributed by atoms with E-state index in [1.54, 1.807) is 36.1 Å². The number of aromatic nitrogens is 4. The molecule has 1 aliphatic carbocycles. The van der Waals surface area contributed by atoms with E-state index in [1.807, 2.05) is 6.07 Å². The van der Waals surface area contributed by atoms with E-state index in [0.717, 1.165) is 21.8 Å². The quantitative estimate of drug-likeness (QED) is 0.271. The number of furan rings is 1. The van der Waals surface area contributed by atoms with E-state index in [9.17, 15) is 13.2 Å². The molecular weight excluding hydrogens is 564 g/mol. The maximum atomic E-state index is 13.0. The third-order valence-electron chi connectivity index (χ3n) is 6.21. The molecule has 4 heterocycles. The van der Waals surface area contributed by atoms with Crippen molar-refractivity contribution in [2.45, 2.75) is 38.5 Å². The van der Waals surface area contributed by atoms with Gasteiger partial charge in [-0.1, -0.05) is 28.1 Å². The van der Waals surface area contributed by atoms with Crippen molar-refractivity contribution >= 4 is 49.7 Å². The Labute approximate surface area is 231 Å². The van der Waals surface area contributed by atoms with Crippen LogP contribution in [0, 0.1) is 13.8 Å². The number of rotatable bonds is 6. The molecule has 4 aromatic heterocycles. The molecule has 0 aliphatic heterocycles. The molecule has 5 aromatic rings. The fraction of sp³-hybridized carbons (Fsp3) is 0.200. The molecule has 0 saturated heterocycles. The maximum absolute atomic E-state index is 13.0. The molecule has 1 aliphatic rings. The second kappa shape index (κ2) is 9.36. The first-order chi connectivity index (χ1) is 18.6. The Morgan fingerprint density at radius 2 is 2.03 bits per heavy atom. The first-order valence-electron chi connectivity index (χ1n) is 11.8. The number of carbonyl (C=O) groups is 1. The van der Waals surface area contributed by atoms with Crippen LogP contribution in [0.2, 0.25) is 5.02 Å². The number of carbonyl (C=O) groups excluding carboxylic acids is 1. The Balaban J connectivity index is 1.45. The fourth-order valence-electron chi connectivity index (χ4n) is 4.67. The van der Waals surface area contributed by atoms with E-state index < -0.39 is 10.0 Å². The third-order valence-corrected chi connectivity index (χ3v) is 9.16. The van der Waals surface area contributed by atoms with Crippen molar-refractivity contribution in [3.05, 3.63) is 64.3 Å². The van der Waals surface area contributed by atoms with Gasteiger partial charge in [0.2, 0.25) is 5.91 Å². The molecule has 1 amide bonds. The summed E-state index contributed by atoms with van der Waals surface area (Å²) in [4.78, 5) is 17.1. The van der Waals surface area contributed by atoms with Gasteiger partial charge in [-0.25, -0.2) is 18.1 Å². The second-order valence-corrected chi connectivity index (χ2v) is 12.0. The molecule has 200 valence electrons. The summed E-state index contributed by atoms with van der Waals surface area (Å²) in [6, 6.07) is 8.45. The molecular formula is C25H21ClN6O5S2. The van der Waals surface area contributed by atoms with E-state index in [1.165, 1.54) is 31.3 Å². The topological polar surface area (TPSA) is 145 Å². The van der Waals surface area contributed by atoms with Crippen molar-refractivity contribution in [2.75, 3.05) is 10.0 Å². The van der Waals surface area contributed by atoms with Crippen molar-refractivity contribution in [3.63, 3.8) is 0 Å². The highest BCUT2D eigenvalue weighted by Crippen LogP contribution is 2.45. The van der Waals surface area contributed by atoms with Crippen molar-refractivity contribution in [1.29, 1.82) is 0 Å². The van der Waals surface area contributed by atoms with Crippen LogP contribution in [0.3, 0.4) is 0 Å². The van der Waals surface area contributed by atoms with Crippen LogP contribution in [0.1, 0.15) is 29.6 Å². The molecule has 6 rings (SSSR count). The molecule has 11 nitrogen and oxygen atoms in total. The summed E-state index contributed by atoms with van der Waals surface area (Å²) < 4.78 is 40.9. The predicted molar refractivity (Wildman–Crippen MR) is 146 cm³/mol. The molecule has 2 N–H and O–H groups in total. The van der Waals surface area contributed by atoms with Gasteiger partial charge in [-0.3, -0.25) is 9.52 Å². The first-order valence-corrected chi connectivity index (χ1v) is 14.5. The highest BCUT2D eigenvalue weighted by molar-refractivity contribution is 7.92. The fourth-order valence-corrected chi connectivity index (χ4v) is 7.42. The van der Waals surface area contributed by atoms with Crippen molar-refractivity contribution in [2.24, 2.45) is 0 Å². The summed E-state index contributed by atoms with van der Waals surface area (Å²) in [5.41, 5.74) is 4.35. The van der Waals surface area contributed by atoms with Gasteiger partial charge in [0.05, 0.1) is 38.9 Å². The third kappa shape index (κ3) is 4.41. The number of hydrogen-bond donors (Lipinski definition) is 2. The average molecular weight is 585 g/mol. The SMILES string of the molecule is CC(=O)Nc1nc2c(s1)-c1c(c(-c3ccco3)nn1-c1ccc(NS(=O)(=O)c3c(C)noc3C)cc1Cl)CC2. The van der Waals surface area contributed by atoms with Crippen LogP contribution in [-0.4, -0.2) is 34.2 Å². The summed E-state index contributed by atoms with van der Waals surface area (Å²) in [6.45, 7) is 4.53. The minimum atomic E-state index is -3.95. The van der Waals surface area contributed by atoms with E-state index in [4.69, 9.17) is 25.6 Å². The van der Waals surface area contributed by atoms with Crippen LogP contribution in [0.4, 0.5) is 10.8 Å². The number of aryl methyl sites for hydroxylation is 3. The Morgan fingerprint density at radius 1 is 1.21 bits per heavy atom. The molecule has 0 saturated carbocycles. The van der Waals surface area contributed by atoms with Crippen LogP contribution in [-0.2, 0) is 27.7 Å². The van der Waals surface area contributed by atoms with Gasteiger partial charge < -0.3 is 14.3 Å². The lowest BCUT2D eigenvalue weighted by atomic mass is 9.97. The Hall–Kier alpha value is -3.94. The monoisotopic (exact) mass is 584 g/mol. The van der Waals surface area contributed by atoms with Gasteiger partial charge in [0.1, 0.15) is 11.4 Å². The lowest BCUT2D eigenvalue weighted by Crippen LogP contribution is -2.14. The number of nitrogens with one attached hydrogen (secondary N) is 2. The van der Waals surface area contributed by atoms with Crippen molar-refractivity contribution < 1.29 is 22.2 Å². The molecule has 0 spiro atoms. The van der Waals surface area contributed by atoms with Gasteiger partial charge in [-0.15, -0.1) is 0 Å². The largest absolute Gasteiger partial charge is 0.463 e. The van der Waals surface area contributed by atoms with E-state index in [-0.39, 0.29) is 33.0 Å². The number of fused-ring (bicyclic) bond motifs is 3. The minimum Gasteiger partial charge on any atom is -0.463 e. The molecule has 0 bridgehead atoms. The molecule has 0 unspecified atom stereocenters. The number of sulfonamides is 1. The zero-order chi connectivity index (χ0) is 27.5. The molecule has 0 radical (unpaired) electrons. The lowest BCUT2D eigenvalue weighted by molar-refractivity contribution is -0.114. The molecule has 14 heteroatoms. The number of anilines is 2. The Bertz CT molecular complexity index is 1830. The van der Waals surface area contributed by atoms with E-state index in [2.05, 4.69) is 20.2 Å². The van der Waals surface area contributed by atoms with E-state index in [0.29, 0.717) is 35.1 Å². The van der Waals surface area contributed by atoms with Crippen molar-refractivity contribution in [3.8, 4) is 27.7 Å². The number of hydrogen-bond acceptors (Lipinski definition) is 9. The Morgan fingerprint density at radius 3 is 2.69 bits per heavy atom. The summed E-state index contributed by atoms with van der Waals surface area (Å²) in [6.07, 6.45) is 2.92. The Kier molecular flexibility index (Phi) is 6.08. The zero-order valence-corrected chi connectivity index (χ0v) is 23.3. The number of amides is 1. The smallest absolute Gasteiger partial charge is 0.267 e. The van der Waals surface area contributed by atoms with Gasteiger partial charge >= 0.3 is 0 Å². The number of halogens is 1. The van der Waals surface area contributed by atoms with Crippen LogP contribution < -0.4 is 10.0 Å². The maximum Gasteiger partial charge on any atom is 0.267 e. The molecule has 39 heavy (non-hydrogen) atoms.